The number of nitrogens with zero attached hydrogens (tertiary/aromatic N) is 6. The number of hydrogen-bond donors (Lipinski definition) is 1. The van der Waals surface area contributed by atoms with Gasteiger partial charge in [0, 0.05) is 32.2 Å². The van der Waals surface area contributed by atoms with E-state index in [1.54, 1.807) is 17.0 Å². The summed E-state index contributed by atoms with van der Waals surface area (Å²) in [5.41, 5.74) is 0. The van der Waals surface area contributed by atoms with Crippen molar-refractivity contribution < 1.29 is 23.2 Å². The summed E-state index contributed by atoms with van der Waals surface area (Å²) in [6, 6.07) is 6.35. The summed E-state index contributed by atoms with van der Waals surface area (Å²) in [7, 11) is 0. The normalized spacial score (nSPS) is 17.7. The summed E-state index contributed by atoms with van der Waals surface area (Å²) in [4.78, 5) is 32.7. The third-order valence-electron chi connectivity index (χ3n) is 7.31. The lowest BCUT2D eigenvalue weighted by atomic mass is 9.95. The van der Waals surface area contributed by atoms with Crippen LogP contribution in [0.15, 0.2) is 33.1 Å². The van der Waals surface area contributed by atoms with Crippen molar-refractivity contribution in [2.45, 2.75) is 64.6 Å². The Hall–Kier alpha value is -3.51. The van der Waals surface area contributed by atoms with Crippen LogP contribution in [0.1, 0.15) is 55.4 Å². The topological polar surface area (TPSA) is 132 Å². The van der Waals surface area contributed by atoms with E-state index >= 15 is 0 Å². The predicted octanol–water partition coefficient (Wildman–Crippen LogP) is 2.49. The second kappa shape index (κ2) is 12.6. The van der Waals surface area contributed by atoms with Gasteiger partial charge >= 0.3 is 0 Å². The second-order valence-corrected chi connectivity index (χ2v) is 10.3. The van der Waals surface area contributed by atoms with Gasteiger partial charge in [0.25, 0.3) is 5.91 Å². The molecular formula is C27H37N7O5. The number of rotatable bonds is 10. The number of ether oxygens (including phenoxy) is 1. The molecule has 1 atom stereocenters. The third kappa shape index (κ3) is 6.93. The quantitative estimate of drug-likeness (QED) is 0.413. The standard InChI is InChI=1S/C27H37N7O5/c1-19-8-10-22(38-19)25(27(36)28-21-6-4-3-5-7-21)33(13-12-32-14-16-37-17-15-32)24(35)18-34-30-26(29-31-34)23-11-9-20(2)39-23/h8-11,21,25H,3-7,12-18H2,1-2H3,(H,28,36)/t25-/m1/s1. The molecule has 1 N–H and O–H groups in total. The number of hydrogen-bond acceptors (Lipinski definition) is 9. The maximum absolute atomic E-state index is 13.9. The zero-order valence-electron chi connectivity index (χ0n) is 22.7. The van der Waals surface area contributed by atoms with Crippen molar-refractivity contribution >= 4 is 11.8 Å². The molecule has 3 aromatic rings. The molecule has 0 bridgehead atoms. The van der Waals surface area contributed by atoms with Gasteiger partial charge in [-0.1, -0.05) is 19.3 Å². The molecule has 2 amide bonds. The maximum Gasteiger partial charge on any atom is 0.250 e. The van der Waals surface area contributed by atoms with Gasteiger partial charge in [-0.25, -0.2) is 0 Å². The van der Waals surface area contributed by atoms with Crippen LogP contribution in [0.25, 0.3) is 11.6 Å². The van der Waals surface area contributed by atoms with Crippen molar-refractivity contribution in [2.24, 2.45) is 0 Å². The van der Waals surface area contributed by atoms with Crippen LogP contribution in [0, 0.1) is 13.8 Å². The van der Waals surface area contributed by atoms with Crippen LogP contribution in [0.2, 0.25) is 0 Å². The molecule has 12 heteroatoms. The van der Waals surface area contributed by atoms with Crippen LogP contribution >= 0.6 is 0 Å². The molecule has 0 spiro atoms. The Morgan fingerprint density at radius 1 is 1.05 bits per heavy atom. The summed E-state index contributed by atoms with van der Waals surface area (Å²) in [6.45, 7) is 7.26. The lowest BCUT2D eigenvalue weighted by molar-refractivity contribution is -0.143. The molecule has 1 aliphatic carbocycles. The van der Waals surface area contributed by atoms with Crippen LogP contribution in [0.3, 0.4) is 0 Å². The molecular weight excluding hydrogens is 502 g/mol. The van der Waals surface area contributed by atoms with E-state index in [9.17, 15) is 9.59 Å². The summed E-state index contributed by atoms with van der Waals surface area (Å²) >= 11 is 0. The zero-order valence-corrected chi connectivity index (χ0v) is 22.7. The lowest BCUT2D eigenvalue weighted by Crippen LogP contribution is -2.50. The maximum atomic E-state index is 13.9. The molecule has 0 aromatic carbocycles. The van der Waals surface area contributed by atoms with Gasteiger partial charge in [0.15, 0.2) is 11.8 Å². The van der Waals surface area contributed by atoms with E-state index in [2.05, 4.69) is 25.6 Å². The van der Waals surface area contributed by atoms with Crippen LogP contribution in [-0.2, 0) is 20.9 Å². The molecule has 0 radical (unpaired) electrons. The molecule has 1 saturated heterocycles. The fourth-order valence-corrected chi connectivity index (χ4v) is 5.20. The summed E-state index contributed by atoms with van der Waals surface area (Å²) in [5, 5.41) is 15.7. The number of carbonyl (C=O) groups excluding carboxylic acids is 2. The first-order valence-electron chi connectivity index (χ1n) is 13.8. The van der Waals surface area contributed by atoms with E-state index in [0.29, 0.717) is 49.4 Å². The van der Waals surface area contributed by atoms with Crippen molar-refractivity contribution in [3.05, 3.63) is 41.5 Å². The number of aromatic nitrogens is 4. The van der Waals surface area contributed by atoms with Crippen molar-refractivity contribution in [1.82, 2.24) is 35.3 Å². The Bertz CT molecular complexity index is 1240. The van der Waals surface area contributed by atoms with Crippen molar-refractivity contribution in [3.63, 3.8) is 0 Å². The van der Waals surface area contributed by atoms with Crippen LogP contribution in [0.5, 0.6) is 0 Å². The SMILES string of the molecule is Cc1ccc(-c2nnn(CC(=O)N(CCN3CCOCC3)[C@@H](C(=O)NC3CCCCC3)c3ccc(C)o3)n2)o1. The predicted molar refractivity (Wildman–Crippen MR) is 140 cm³/mol. The van der Waals surface area contributed by atoms with Crippen molar-refractivity contribution in [1.29, 1.82) is 0 Å². The van der Waals surface area contributed by atoms with Gasteiger partial charge < -0.3 is 23.8 Å². The van der Waals surface area contributed by atoms with E-state index in [1.165, 1.54) is 11.2 Å². The molecule has 3 aromatic heterocycles. The highest BCUT2D eigenvalue weighted by molar-refractivity contribution is 5.88. The monoisotopic (exact) mass is 539 g/mol. The molecule has 39 heavy (non-hydrogen) atoms. The van der Waals surface area contributed by atoms with E-state index in [1.807, 2.05) is 26.0 Å². The number of morpholine rings is 1. The van der Waals surface area contributed by atoms with Crippen molar-refractivity contribution in [3.8, 4) is 11.6 Å². The first-order valence-corrected chi connectivity index (χ1v) is 13.8. The number of amides is 2. The summed E-state index contributed by atoms with van der Waals surface area (Å²) in [6.07, 6.45) is 5.24. The number of aryl methyl sites for hydroxylation is 2. The second-order valence-electron chi connectivity index (χ2n) is 10.3. The van der Waals surface area contributed by atoms with E-state index in [0.717, 1.165) is 44.5 Å². The molecule has 0 unspecified atom stereocenters. The molecule has 5 rings (SSSR count). The Kier molecular flexibility index (Phi) is 8.72. The fraction of sp³-hybridized carbons (Fsp3) is 0.593. The minimum absolute atomic E-state index is 0.0947. The van der Waals surface area contributed by atoms with Gasteiger partial charge in [0.2, 0.25) is 11.7 Å². The smallest absolute Gasteiger partial charge is 0.250 e. The summed E-state index contributed by atoms with van der Waals surface area (Å²) < 4.78 is 17.0. The first kappa shape index (κ1) is 27.1. The highest BCUT2D eigenvalue weighted by Gasteiger charge is 2.35. The van der Waals surface area contributed by atoms with Gasteiger partial charge in [-0.15, -0.1) is 10.2 Å². The molecule has 1 saturated carbocycles. The Morgan fingerprint density at radius 2 is 1.79 bits per heavy atom. The molecule has 12 nitrogen and oxygen atoms in total. The average Bonchev–Trinajstić information content (AvgIpc) is 3.69. The first-order chi connectivity index (χ1) is 19.0. The van der Waals surface area contributed by atoms with Crippen molar-refractivity contribution in [2.75, 3.05) is 39.4 Å². The number of tetrazole rings is 1. The third-order valence-corrected chi connectivity index (χ3v) is 7.31. The van der Waals surface area contributed by atoms with E-state index in [-0.39, 0.29) is 24.4 Å². The molecule has 1 aliphatic heterocycles. The van der Waals surface area contributed by atoms with Gasteiger partial charge in [0.1, 0.15) is 23.8 Å². The molecule has 2 fully saturated rings. The number of nitrogens with one attached hydrogen (secondary N) is 1. The van der Waals surface area contributed by atoms with Gasteiger partial charge in [-0.2, -0.15) is 4.80 Å². The van der Waals surface area contributed by atoms with Crippen LogP contribution < -0.4 is 5.32 Å². The fourth-order valence-electron chi connectivity index (χ4n) is 5.20. The Labute approximate surface area is 227 Å². The number of furan rings is 2. The minimum Gasteiger partial charge on any atom is -0.464 e. The van der Waals surface area contributed by atoms with Gasteiger partial charge in [-0.05, 0) is 56.2 Å². The van der Waals surface area contributed by atoms with E-state index in [4.69, 9.17) is 13.6 Å². The highest BCUT2D eigenvalue weighted by atomic mass is 16.5. The highest BCUT2D eigenvalue weighted by Crippen LogP contribution is 2.26. The Morgan fingerprint density at radius 3 is 2.49 bits per heavy atom. The van der Waals surface area contributed by atoms with Crippen LogP contribution in [-0.4, -0.2) is 87.3 Å². The number of carbonyl (C=O) groups is 2. The average molecular weight is 540 g/mol. The van der Waals surface area contributed by atoms with E-state index < -0.39 is 6.04 Å². The minimum atomic E-state index is -0.912. The summed E-state index contributed by atoms with van der Waals surface area (Å²) in [5.74, 6) is 2.08. The zero-order chi connectivity index (χ0) is 27.2. The molecule has 210 valence electrons. The molecule has 4 heterocycles. The lowest BCUT2D eigenvalue weighted by Gasteiger charge is -2.34. The largest absolute Gasteiger partial charge is 0.464 e. The Balaban J connectivity index is 1.39. The molecule has 2 aliphatic rings. The van der Waals surface area contributed by atoms with Crippen LogP contribution in [0.4, 0.5) is 0 Å². The van der Waals surface area contributed by atoms with Gasteiger partial charge in [-0.3, -0.25) is 14.5 Å². The van der Waals surface area contributed by atoms with Gasteiger partial charge in [0.05, 0.1) is 13.2 Å².